The molecule has 0 saturated heterocycles. The summed E-state index contributed by atoms with van der Waals surface area (Å²) in [6, 6.07) is 10.6. The molecule has 0 aliphatic rings. The Kier molecular flexibility index (Phi) is 5.32. The number of aromatic hydroxyl groups is 3. The number of nitrogens with zero attached hydrogens (tertiary/aromatic N) is 5. The van der Waals surface area contributed by atoms with Gasteiger partial charge in [0.2, 0.25) is 0 Å². The van der Waals surface area contributed by atoms with E-state index in [2.05, 4.69) is 19.7 Å². The van der Waals surface area contributed by atoms with Gasteiger partial charge in [0.25, 0.3) is 0 Å². The van der Waals surface area contributed by atoms with Gasteiger partial charge >= 0.3 is 6.01 Å². The zero-order valence-corrected chi connectivity index (χ0v) is 18.1. The standard InChI is InChI=1S/C23H27N5O3/c1-14(2)17-12-18(21(30)13-20(17)29)22-24-25-23(31)28(22)16-5-6-19-15(11-16)7-8-27(19)10-9-26(3)4/h5-8,11-14,29-30H,9-10H2,1-4H3,(H,25,31). The lowest BCUT2D eigenvalue weighted by Gasteiger charge is -2.14. The topological polar surface area (TPSA) is 99.6 Å². The third-order valence-electron chi connectivity index (χ3n) is 5.45. The molecule has 4 rings (SSSR count). The van der Waals surface area contributed by atoms with Gasteiger partial charge in [-0.25, -0.2) is 4.57 Å². The van der Waals surface area contributed by atoms with Crippen molar-refractivity contribution in [2.75, 3.05) is 20.6 Å². The van der Waals surface area contributed by atoms with Gasteiger partial charge in [-0.3, -0.25) is 0 Å². The fourth-order valence-corrected chi connectivity index (χ4v) is 3.75. The summed E-state index contributed by atoms with van der Waals surface area (Å²) in [5.74, 6) is 0.226. The van der Waals surface area contributed by atoms with Crippen LogP contribution in [0.3, 0.4) is 0 Å². The van der Waals surface area contributed by atoms with Crippen LogP contribution >= 0.6 is 0 Å². The van der Waals surface area contributed by atoms with Gasteiger partial charge in [-0.15, -0.1) is 5.10 Å². The second-order valence-corrected chi connectivity index (χ2v) is 8.30. The highest BCUT2D eigenvalue weighted by atomic mass is 16.3. The monoisotopic (exact) mass is 421 g/mol. The molecular formula is C23H27N5O3. The molecule has 0 unspecified atom stereocenters. The molecule has 0 bridgehead atoms. The number of aromatic nitrogens is 4. The predicted molar refractivity (Wildman–Crippen MR) is 120 cm³/mol. The van der Waals surface area contributed by atoms with E-state index in [1.165, 1.54) is 10.6 Å². The second kappa shape index (κ2) is 7.96. The lowest BCUT2D eigenvalue weighted by atomic mass is 9.98. The molecule has 0 saturated carbocycles. The minimum atomic E-state index is -0.278. The van der Waals surface area contributed by atoms with E-state index in [-0.39, 0.29) is 23.4 Å². The Morgan fingerprint density at radius 1 is 0.968 bits per heavy atom. The molecule has 31 heavy (non-hydrogen) atoms. The Morgan fingerprint density at radius 3 is 2.45 bits per heavy atom. The van der Waals surface area contributed by atoms with Gasteiger partial charge in [-0.1, -0.05) is 18.9 Å². The van der Waals surface area contributed by atoms with E-state index in [9.17, 15) is 15.3 Å². The van der Waals surface area contributed by atoms with Gasteiger partial charge in [0.1, 0.15) is 11.5 Å². The van der Waals surface area contributed by atoms with Crippen molar-refractivity contribution >= 4 is 10.9 Å². The van der Waals surface area contributed by atoms with Crippen molar-refractivity contribution in [3.63, 3.8) is 0 Å². The number of fused-ring (bicyclic) bond motifs is 1. The molecule has 0 amide bonds. The van der Waals surface area contributed by atoms with Crippen LogP contribution in [0.1, 0.15) is 25.3 Å². The van der Waals surface area contributed by atoms with Crippen molar-refractivity contribution in [2.45, 2.75) is 26.3 Å². The quantitative estimate of drug-likeness (QED) is 0.439. The Balaban J connectivity index is 1.80. The maximum atomic E-state index is 10.5. The molecule has 2 aromatic heterocycles. The van der Waals surface area contributed by atoms with E-state index in [4.69, 9.17) is 0 Å². The zero-order chi connectivity index (χ0) is 22.3. The molecule has 0 aliphatic carbocycles. The van der Waals surface area contributed by atoms with Crippen molar-refractivity contribution in [3.8, 4) is 34.6 Å². The van der Waals surface area contributed by atoms with Gasteiger partial charge in [-0.05, 0) is 55.9 Å². The lowest BCUT2D eigenvalue weighted by molar-refractivity contribution is 0.387. The Labute approximate surface area is 180 Å². The molecule has 0 spiro atoms. The highest BCUT2D eigenvalue weighted by Gasteiger charge is 2.21. The summed E-state index contributed by atoms with van der Waals surface area (Å²) in [5.41, 5.74) is 2.83. The summed E-state index contributed by atoms with van der Waals surface area (Å²) in [6.45, 7) is 5.71. The average Bonchev–Trinajstić information content (AvgIpc) is 3.29. The third-order valence-corrected chi connectivity index (χ3v) is 5.45. The van der Waals surface area contributed by atoms with E-state index >= 15 is 0 Å². The summed E-state index contributed by atoms with van der Waals surface area (Å²) in [4.78, 5) is 2.14. The zero-order valence-electron chi connectivity index (χ0n) is 18.1. The maximum Gasteiger partial charge on any atom is 0.319 e. The number of rotatable bonds is 6. The molecule has 0 radical (unpaired) electrons. The molecule has 0 fully saturated rings. The number of likely N-dealkylation sites (N-methyl/N-ethyl adjacent to an activating group) is 1. The van der Waals surface area contributed by atoms with Crippen LogP contribution in [0.15, 0.2) is 42.6 Å². The molecule has 2 heterocycles. The Morgan fingerprint density at radius 2 is 1.74 bits per heavy atom. The summed E-state index contributed by atoms with van der Waals surface area (Å²) < 4.78 is 3.68. The Bertz CT molecular complexity index is 1240. The molecule has 8 heteroatoms. The normalized spacial score (nSPS) is 11.8. The van der Waals surface area contributed by atoms with Crippen LogP contribution in [-0.4, -0.2) is 60.2 Å². The number of hydrogen-bond donors (Lipinski definition) is 3. The molecule has 4 aromatic rings. The number of phenols is 2. The van der Waals surface area contributed by atoms with Gasteiger partial charge in [0.05, 0.1) is 11.3 Å². The Hall–Kier alpha value is -3.52. The van der Waals surface area contributed by atoms with Crippen molar-refractivity contribution in [1.29, 1.82) is 0 Å². The van der Waals surface area contributed by atoms with Gasteiger partial charge in [0, 0.05) is 36.3 Å². The van der Waals surface area contributed by atoms with E-state index in [1.807, 2.05) is 58.4 Å². The minimum Gasteiger partial charge on any atom is -0.508 e. The van der Waals surface area contributed by atoms with E-state index < -0.39 is 0 Å². The predicted octanol–water partition coefficient (Wildman–Crippen LogP) is 3.69. The average molecular weight is 422 g/mol. The highest BCUT2D eigenvalue weighted by molar-refractivity contribution is 5.83. The van der Waals surface area contributed by atoms with Crippen LogP contribution < -0.4 is 0 Å². The molecule has 0 aliphatic heterocycles. The van der Waals surface area contributed by atoms with Crippen LogP contribution in [0.5, 0.6) is 17.5 Å². The first-order chi connectivity index (χ1) is 14.8. The molecular weight excluding hydrogens is 394 g/mol. The molecule has 162 valence electrons. The van der Waals surface area contributed by atoms with Crippen molar-refractivity contribution in [2.24, 2.45) is 0 Å². The van der Waals surface area contributed by atoms with Crippen LogP contribution in [0.2, 0.25) is 0 Å². The summed E-state index contributed by atoms with van der Waals surface area (Å²) >= 11 is 0. The maximum absolute atomic E-state index is 10.5. The fraction of sp³-hybridized carbons (Fsp3) is 0.304. The number of phenolic OH excluding ortho intramolecular Hbond substituents is 2. The first kappa shape index (κ1) is 20.7. The van der Waals surface area contributed by atoms with Gasteiger partial charge in [0.15, 0.2) is 5.82 Å². The van der Waals surface area contributed by atoms with Crippen LogP contribution in [-0.2, 0) is 6.54 Å². The van der Waals surface area contributed by atoms with Crippen molar-refractivity contribution < 1.29 is 15.3 Å². The lowest BCUT2D eigenvalue weighted by Crippen LogP contribution is -2.17. The summed E-state index contributed by atoms with van der Waals surface area (Å²) in [5, 5.41) is 40.0. The summed E-state index contributed by atoms with van der Waals surface area (Å²) in [6.07, 6.45) is 2.05. The second-order valence-electron chi connectivity index (χ2n) is 8.30. The first-order valence-corrected chi connectivity index (χ1v) is 10.2. The van der Waals surface area contributed by atoms with Crippen LogP contribution in [0, 0.1) is 0 Å². The third kappa shape index (κ3) is 3.82. The SMILES string of the molecule is CC(C)c1cc(-c2nnc(O)n2-c2ccc3c(ccn3CCN(C)C)c2)c(O)cc1O. The fourth-order valence-electron chi connectivity index (χ4n) is 3.75. The van der Waals surface area contributed by atoms with Crippen LogP contribution in [0.4, 0.5) is 0 Å². The van der Waals surface area contributed by atoms with Gasteiger partial charge < -0.3 is 24.8 Å². The number of hydrogen-bond acceptors (Lipinski definition) is 6. The minimum absolute atomic E-state index is 0.0204. The van der Waals surface area contributed by atoms with E-state index in [0.29, 0.717) is 22.6 Å². The first-order valence-electron chi connectivity index (χ1n) is 10.2. The summed E-state index contributed by atoms with van der Waals surface area (Å²) in [7, 11) is 4.09. The smallest absolute Gasteiger partial charge is 0.319 e. The van der Waals surface area contributed by atoms with Crippen LogP contribution in [0.25, 0.3) is 28.0 Å². The molecule has 8 nitrogen and oxygen atoms in total. The van der Waals surface area contributed by atoms with E-state index in [1.54, 1.807) is 6.07 Å². The molecule has 2 aromatic carbocycles. The molecule has 3 N–H and O–H groups in total. The largest absolute Gasteiger partial charge is 0.508 e. The van der Waals surface area contributed by atoms with Gasteiger partial charge in [-0.2, -0.15) is 0 Å². The number of benzene rings is 2. The van der Waals surface area contributed by atoms with Crippen molar-refractivity contribution in [1.82, 2.24) is 24.2 Å². The van der Waals surface area contributed by atoms with Crippen molar-refractivity contribution in [3.05, 3.63) is 48.2 Å². The van der Waals surface area contributed by atoms with E-state index in [0.717, 1.165) is 24.0 Å². The molecule has 0 atom stereocenters. The highest BCUT2D eigenvalue weighted by Crippen LogP contribution is 2.39.